The Labute approximate surface area is 236 Å². The van der Waals surface area contributed by atoms with Crippen LogP contribution in [0.15, 0.2) is 12.2 Å². The molecule has 16 heteroatoms. The molecule has 40 heavy (non-hydrogen) atoms. The van der Waals surface area contributed by atoms with Gasteiger partial charge in [0.05, 0.1) is 25.0 Å². The fourth-order valence-electron chi connectivity index (χ4n) is 4.17. The number of hydrogen-bond donors (Lipinski definition) is 5. The second-order valence-corrected chi connectivity index (χ2v) is 12.4. The van der Waals surface area contributed by atoms with Crippen LogP contribution in [0.3, 0.4) is 0 Å². The summed E-state index contributed by atoms with van der Waals surface area (Å²) in [4.78, 5) is 64.0. The molecule has 1 saturated carbocycles. The summed E-state index contributed by atoms with van der Waals surface area (Å²) < 4.78 is 42.8. The van der Waals surface area contributed by atoms with E-state index in [1.807, 2.05) is 0 Å². The Morgan fingerprint density at radius 1 is 1.07 bits per heavy atom. The topological polar surface area (TPSA) is 163 Å². The number of allylic oxidation sites excluding steroid dienone is 1. The van der Waals surface area contributed by atoms with Gasteiger partial charge in [0.2, 0.25) is 23.6 Å². The zero-order chi connectivity index (χ0) is 29.3. The van der Waals surface area contributed by atoms with Crippen LogP contribution in [0.2, 0.25) is 0 Å². The fourth-order valence-corrected chi connectivity index (χ4v) is 6.33. The number of hydrogen-bond acceptors (Lipinski definition) is 9. The highest BCUT2D eigenvalue weighted by molar-refractivity contribution is 8.76. The molecule has 5 N–H and O–H groups in total. The highest BCUT2D eigenvalue weighted by Gasteiger charge is 2.40. The van der Waals surface area contributed by atoms with Crippen LogP contribution in [-0.4, -0.2) is 89.3 Å². The molecule has 2 heterocycles. The van der Waals surface area contributed by atoms with Gasteiger partial charge in [0.25, 0.3) is 0 Å². The van der Waals surface area contributed by atoms with Crippen molar-refractivity contribution in [1.82, 2.24) is 21.3 Å². The van der Waals surface area contributed by atoms with E-state index in [0.717, 1.165) is 12.8 Å². The maximum atomic E-state index is 13.3. The summed E-state index contributed by atoms with van der Waals surface area (Å²) in [6, 6.07) is -3.21. The molecule has 1 saturated heterocycles. The van der Waals surface area contributed by atoms with Gasteiger partial charge in [0, 0.05) is 17.9 Å². The third-order valence-corrected chi connectivity index (χ3v) is 8.81. The van der Waals surface area contributed by atoms with Crippen LogP contribution in [0.1, 0.15) is 44.9 Å². The minimum Gasteiger partial charge on any atom is -0.457 e. The van der Waals surface area contributed by atoms with E-state index in [2.05, 4.69) is 16.0 Å². The van der Waals surface area contributed by atoms with E-state index in [9.17, 15) is 42.3 Å². The number of amides is 4. The van der Waals surface area contributed by atoms with Crippen molar-refractivity contribution in [3.05, 3.63) is 12.2 Å². The summed E-state index contributed by atoms with van der Waals surface area (Å²) in [7, 11) is 2.78. The fraction of sp³-hybridized carbons (Fsp3) is 0.708. The van der Waals surface area contributed by atoms with Crippen LogP contribution >= 0.6 is 21.6 Å². The van der Waals surface area contributed by atoms with Gasteiger partial charge in [-0.05, 0) is 37.7 Å². The van der Waals surface area contributed by atoms with Crippen LogP contribution < -0.4 is 21.3 Å². The monoisotopic (exact) mass is 610 g/mol. The summed E-state index contributed by atoms with van der Waals surface area (Å²) in [6.07, 6.45) is -3.20. The van der Waals surface area contributed by atoms with Crippen molar-refractivity contribution in [2.45, 2.75) is 81.5 Å². The van der Waals surface area contributed by atoms with E-state index >= 15 is 0 Å². The van der Waals surface area contributed by atoms with Crippen LogP contribution in [-0.2, 0) is 28.7 Å². The summed E-state index contributed by atoms with van der Waals surface area (Å²) in [5.74, 6) is -3.15. The summed E-state index contributed by atoms with van der Waals surface area (Å²) >= 11 is 0. The van der Waals surface area contributed by atoms with Gasteiger partial charge in [-0.1, -0.05) is 27.7 Å². The maximum Gasteiger partial charge on any atom is 0.405 e. The summed E-state index contributed by atoms with van der Waals surface area (Å²) in [5.41, 5.74) is 0. The molecule has 2 fully saturated rings. The van der Waals surface area contributed by atoms with Crippen molar-refractivity contribution < 1.29 is 47.0 Å². The highest BCUT2D eigenvalue weighted by atomic mass is 33.1. The standard InChI is InChI=1S/C24H33F3N4O7S2/c25-24(26,27)12-28-18(33)7-6-15-22(36)30-16-11-40-39-8-2-1-3-14(9-19(34)29-15)38-20(35)10-17(32)21(13-4-5-13)31-23(16)37/h1,3,13-17,21,32H,2,4-12H2,(H,28,33)(H,29,34)(H,30,36)(H,31,37)/t14-,15-,16-,17?,21?/m1/s1. The van der Waals surface area contributed by atoms with E-state index in [-0.39, 0.29) is 24.5 Å². The molecule has 0 aromatic rings. The lowest BCUT2D eigenvalue weighted by Gasteiger charge is -2.27. The van der Waals surface area contributed by atoms with Gasteiger partial charge in [-0.15, -0.1) is 0 Å². The molecule has 3 aliphatic rings. The molecule has 224 valence electrons. The van der Waals surface area contributed by atoms with Gasteiger partial charge in [0.15, 0.2) is 0 Å². The SMILES string of the molecule is O=C(CC[C@H]1NC(=O)C[C@H]2C=CCCSSC[C@@H](NC1=O)C(=O)NC(C1CC1)C(O)CC(=O)O2)NCC(F)(F)F. The Hall–Kier alpha value is -2.46. The molecule has 0 aromatic carbocycles. The lowest BCUT2D eigenvalue weighted by atomic mass is 10.0. The molecule has 1 aliphatic carbocycles. The highest BCUT2D eigenvalue weighted by Crippen LogP contribution is 2.35. The molecule has 3 rings (SSSR count). The van der Waals surface area contributed by atoms with Gasteiger partial charge < -0.3 is 31.1 Å². The normalized spacial score (nSPS) is 29.6. The first-order valence-corrected chi connectivity index (χ1v) is 15.4. The lowest BCUT2D eigenvalue weighted by Crippen LogP contribution is -2.57. The lowest BCUT2D eigenvalue weighted by molar-refractivity contribution is -0.151. The zero-order valence-corrected chi connectivity index (χ0v) is 23.2. The average molecular weight is 611 g/mol. The maximum absolute atomic E-state index is 13.3. The molecule has 5 atom stereocenters. The predicted molar refractivity (Wildman–Crippen MR) is 141 cm³/mol. The molecule has 2 bridgehead atoms. The smallest absolute Gasteiger partial charge is 0.405 e. The first-order chi connectivity index (χ1) is 18.9. The second kappa shape index (κ2) is 15.0. The quantitative estimate of drug-likeness (QED) is 0.172. The van der Waals surface area contributed by atoms with E-state index in [1.165, 1.54) is 21.6 Å². The Morgan fingerprint density at radius 2 is 1.82 bits per heavy atom. The molecule has 4 amide bonds. The molecule has 2 unspecified atom stereocenters. The van der Waals surface area contributed by atoms with Crippen LogP contribution in [0.5, 0.6) is 0 Å². The van der Waals surface area contributed by atoms with Crippen molar-refractivity contribution in [2.75, 3.05) is 18.1 Å². The number of ether oxygens (including phenoxy) is 1. The van der Waals surface area contributed by atoms with E-state index in [1.54, 1.807) is 17.5 Å². The number of fused-ring (bicyclic) bond motifs is 7. The summed E-state index contributed by atoms with van der Waals surface area (Å²) in [6.45, 7) is -1.54. The summed E-state index contributed by atoms with van der Waals surface area (Å²) in [5, 5.41) is 20.3. The van der Waals surface area contributed by atoms with Crippen LogP contribution in [0.4, 0.5) is 13.2 Å². The van der Waals surface area contributed by atoms with Gasteiger partial charge >= 0.3 is 12.1 Å². The Bertz CT molecular complexity index is 981. The van der Waals surface area contributed by atoms with Crippen molar-refractivity contribution in [3.8, 4) is 0 Å². The molecular formula is C24H33F3N4O7S2. The average Bonchev–Trinajstić information content (AvgIpc) is 3.70. The predicted octanol–water partition coefficient (Wildman–Crippen LogP) is 0.717. The van der Waals surface area contributed by atoms with Crippen molar-refractivity contribution >= 4 is 51.2 Å². The Balaban J connectivity index is 1.86. The number of alkyl halides is 3. The van der Waals surface area contributed by atoms with Crippen LogP contribution in [0.25, 0.3) is 0 Å². The number of carbonyl (C=O) groups excluding carboxylic acids is 5. The Kier molecular flexibility index (Phi) is 12.0. The van der Waals surface area contributed by atoms with E-state index in [4.69, 9.17) is 4.74 Å². The number of esters is 1. The third kappa shape index (κ3) is 11.2. The zero-order valence-electron chi connectivity index (χ0n) is 21.5. The second-order valence-electron chi connectivity index (χ2n) is 9.81. The first kappa shape index (κ1) is 32.1. The number of halogens is 3. The number of rotatable bonds is 5. The minimum atomic E-state index is -4.61. The largest absolute Gasteiger partial charge is 0.457 e. The van der Waals surface area contributed by atoms with Crippen molar-refractivity contribution in [2.24, 2.45) is 5.92 Å². The number of aliphatic hydroxyl groups excluding tert-OH is 1. The van der Waals surface area contributed by atoms with Crippen molar-refractivity contribution in [3.63, 3.8) is 0 Å². The van der Waals surface area contributed by atoms with Gasteiger partial charge in [0.1, 0.15) is 24.7 Å². The van der Waals surface area contributed by atoms with Gasteiger partial charge in [-0.25, -0.2) is 0 Å². The molecular weight excluding hydrogens is 577 g/mol. The first-order valence-electron chi connectivity index (χ1n) is 12.9. The molecule has 0 aromatic heterocycles. The third-order valence-electron chi connectivity index (χ3n) is 6.37. The number of carbonyl (C=O) groups is 5. The van der Waals surface area contributed by atoms with E-state index in [0.29, 0.717) is 12.2 Å². The molecule has 0 spiro atoms. The number of aliphatic hydroxyl groups is 1. The van der Waals surface area contributed by atoms with Crippen molar-refractivity contribution in [1.29, 1.82) is 0 Å². The minimum absolute atomic E-state index is 0.0541. The van der Waals surface area contributed by atoms with Crippen LogP contribution in [0, 0.1) is 5.92 Å². The van der Waals surface area contributed by atoms with Gasteiger partial charge in [-0.3, -0.25) is 24.0 Å². The van der Waals surface area contributed by atoms with Gasteiger partial charge in [-0.2, -0.15) is 13.2 Å². The molecule has 2 aliphatic heterocycles. The number of nitrogens with one attached hydrogen (secondary N) is 4. The van der Waals surface area contributed by atoms with E-state index < -0.39 is 85.5 Å². The molecule has 11 nitrogen and oxygen atoms in total. The molecule has 0 radical (unpaired) electrons. The Morgan fingerprint density at radius 3 is 2.52 bits per heavy atom.